The van der Waals surface area contributed by atoms with Crippen molar-refractivity contribution in [3.8, 4) is 0 Å². The predicted octanol–water partition coefficient (Wildman–Crippen LogP) is 2.59. The fourth-order valence-corrected chi connectivity index (χ4v) is 3.18. The van der Waals surface area contributed by atoms with E-state index >= 15 is 0 Å². The van der Waals surface area contributed by atoms with Crippen molar-refractivity contribution in [2.45, 2.75) is 11.3 Å². The van der Waals surface area contributed by atoms with Crippen LogP contribution in [0.4, 0.5) is 0 Å². The van der Waals surface area contributed by atoms with Crippen LogP contribution in [0.2, 0.25) is 0 Å². The highest BCUT2D eigenvalue weighted by atomic mass is 35.5. The number of nitrogens with two attached hydrogens (primary N) is 1. The van der Waals surface area contributed by atoms with Crippen LogP contribution in [0, 0.1) is 0 Å². The molecule has 2 aromatic rings. The molecule has 7 heteroatoms. The summed E-state index contributed by atoms with van der Waals surface area (Å²) < 4.78 is 0. The average molecular weight is 344 g/mol. The van der Waals surface area contributed by atoms with Crippen molar-refractivity contribution < 1.29 is 4.79 Å². The van der Waals surface area contributed by atoms with Gasteiger partial charge >= 0.3 is 0 Å². The Labute approximate surface area is 139 Å². The van der Waals surface area contributed by atoms with Crippen LogP contribution in [0.25, 0.3) is 0 Å². The minimum Gasteiger partial charge on any atom is -0.350 e. The molecule has 1 aromatic carbocycles. The largest absolute Gasteiger partial charge is 0.350 e. The highest BCUT2D eigenvalue weighted by molar-refractivity contribution is 7.99. The van der Waals surface area contributed by atoms with Gasteiger partial charge in [-0.2, -0.15) is 0 Å². The van der Waals surface area contributed by atoms with Gasteiger partial charge < -0.3 is 11.1 Å². The summed E-state index contributed by atoms with van der Waals surface area (Å²) in [5.74, 6) is 0.730. The third-order valence-corrected chi connectivity index (χ3v) is 4.46. The molecule has 0 fully saturated rings. The third-order valence-electron chi connectivity index (χ3n) is 2.54. The van der Waals surface area contributed by atoms with Gasteiger partial charge in [0, 0.05) is 29.0 Å². The summed E-state index contributed by atoms with van der Waals surface area (Å²) in [6.07, 6.45) is 0.724. The Kier molecular flexibility index (Phi) is 8.37. The third kappa shape index (κ3) is 6.05. The fourth-order valence-electron chi connectivity index (χ4n) is 1.59. The van der Waals surface area contributed by atoms with Gasteiger partial charge in [-0.05, 0) is 18.7 Å². The highest BCUT2D eigenvalue weighted by Gasteiger charge is 2.09. The molecule has 4 nitrogen and oxygen atoms in total. The van der Waals surface area contributed by atoms with Crippen molar-refractivity contribution in [1.29, 1.82) is 0 Å². The first kappa shape index (κ1) is 18.0. The van der Waals surface area contributed by atoms with Crippen LogP contribution in [0.3, 0.4) is 0 Å². The average Bonchev–Trinajstić information content (AvgIpc) is 2.94. The van der Waals surface area contributed by atoms with Gasteiger partial charge in [-0.25, -0.2) is 4.98 Å². The van der Waals surface area contributed by atoms with E-state index in [-0.39, 0.29) is 18.3 Å². The van der Waals surface area contributed by atoms with Crippen molar-refractivity contribution in [2.24, 2.45) is 5.73 Å². The van der Waals surface area contributed by atoms with E-state index in [0.29, 0.717) is 18.8 Å². The van der Waals surface area contributed by atoms with Gasteiger partial charge in [0.15, 0.2) is 0 Å². The number of carbonyl (C=O) groups is 1. The fraction of sp³-hybridized carbons (Fsp3) is 0.286. The number of aromatic nitrogens is 1. The van der Waals surface area contributed by atoms with E-state index in [4.69, 9.17) is 5.73 Å². The maximum Gasteiger partial charge on any atom is 0.270 e. The number of amides is 1. The van der Waals surface area contributed by atoms with E-state index in [1.807, 2.05) is 18.2 Å². The van der Waals surface area contributed by atoms with E-state index < -0.39 is 0 Å². The van der Waals surface area contributed by atoms with E-state index in [2.05, 4.69) is 22.4 Å². The molecule has 0 unspecified atom stereocenters. The molecule has 0 atom stereocenters. The zero-order valence-corrected chi connectivity index (χ0v) is 13.9. The van der Waals surface area contributed by atoms with Crippen molar-refractivity contribution in [2.75, 3.05) is 18.8 Å². The number of hydrogen-bond donors (Lipinski definition) is 2. The molecule has 1 aromatic heterocycles. The molecule has 0 saturated heterocycles. The Balaban J connectivity index is 0.00000220. The summed E-state index contributed by atoms with van der Waals surface area (Å²) in [7, 11) is 0. The minimum atomic E-state index is -0.113. The molecule has 1 heterocycles. The predicted molar refractivity (Wildman–Crippen MR) is 91.6 cm³/mol. The molecule has 0 aliphatic rings. The van der Waals surface area contributed by atoms with Gasteiger partial charge in [0.05, 0.1) is 5.01 Å². The van der Waals surface area contributed by atoms with Gasteiger partial charge in [0.1, 0.15) is 5.69 Å². The summed E-state index contributed by atoms with van der Waals surface area (Å²) in [4.78, 5) is 17.3. The number of carbonyl (C=O) groups excluding carboxylic acids is 1. The number of thiazole rings is 1. The lowest BCUT2D eigenvalue weighted by atomic mass is 10.4. The lowest BCUT2D eigenvalue weighted by Crippen LogP contribution is -2.26. The number of halogens is 1. The molecule has 0 aliphatic carbocycles. The zero-order valence-electron chi connectivity index (χ0n) is 11.5. The molecule has 0 radical (unpaired) electrons. The van der Waals surface area contributed by atoms with Crippen LogP contribution >= 0.6 is 35.5 Å². The molecule has 0 aliphatic heterocycles. The van der Waals surface area contributed by atoms with E-state index in [9.17, 15) is 4.79 Å². The van der Waals surface area contributed by atoms with Crippen molar-refractivity contribution in [3.05, 3.63) is 46.4 Å². The number of hydrogen-bond acceptors (Lipinski definition) is 5. The summed E-state index contributed by atoms with van der Waals surface area (Å²) in [6.45, 7) is 1.18. The standard InChI is InChI=1S/C14H17N3OS2.ClH/c15-7-6-13-17-12(10-20-13)14(18)16-8-9-19-11-4-2-1-3-5-11;/h1-5,10H,6-9,15H2,(H,16,18);1H. The molecule has 1 amide bonds. The minimum absolute atomic E-state index is 0. The number of nitrogens with one attached hydrogen (secondary N) is 1. The topological polar surface area (TPSA) is 68.0 Å². The lowest BCUT2D eigenvalue weighted by Gasteiger charge is -2.03. The second-order valence-corrected chi connectivity index (χ2v) is 6.19. The Morgan fingerprint density at radius 2 is 2.10 bits per heavy atom. The molecule has 114 valence electrons. The monoisotopic (exact) mass is 343 g/mol. The maximum absolute atomic E-state index is 11.9. The smallest absolute Gasteiger partial charge is 0.270 e. The van der Waals surface area contributed by atoms with Crippen LogP contribution in [0.15, 0.2) is 40.6 Å². The Morgan fingerprint density at radius 1 is 1.33 bits per heavy atom. The van der Waals surface area contributed by atoms with Gasteiger partial charge in [0.25, 0.3) is 5.91 Å². The first-order valence-corrected chi connectivity index (χ1v) is 8.26. The lowest BCUT2D eigenvalue weighted by molar-refractivity contribution is 0.0951. The van der Waals surface area contributed by atoms with Crippen molar-refractivity contribution in [1.82, 2.24) is 10.3 Å². The summed E-state index contributed by atoms with van der Waals surface area (Å²) >= 11 is 3.20. The molecule has 2 rings (SSSR count). The van der Waals surface area contributed by atoms with Gasteiger partial charge in [0.2, 0.25) is 0 Å². The quantitative estimate of drug-likeness (QED) is 0.599. The van der Waals surface area contributed by atoms with Crippen LogP contribution < -0.4 is 11.1 Å². The number of thioether (sulfide) groups is 1. The molecular weight excluding hydrogens is 326 g/mol. The van der Waals surface area contributed by atoms with Gasteiger partial charge in [-0.15, -0.1) is 35.5 Å². The molecule has 21 heavy (non-hydrogen) atoms. The Morgan fingerprint density at radius 3 is 2.81 bits per heavy atom. The first-order chi connectivity index (χ1) is 9.79. The highest BCUT2D eigenvalue weighted by Crippen LogP contribution is 2.16. The van der Waals surface area contributed by atoms with Crippen LogP contribution in [0.5, 0.6) is 0 Å². The van der Waals surface area contributed by atoms with Gasteiger partial charge in [-0.3, -0.25) is 4.79 Å². The first-order valence-electron chi connectivity index (χ1n) is 6.40. The number of rotatable bonds is 7. The summed E-state index contributed by atoms with van der Waals surface area (Å²) in [5.41, 5.74) is 5.95. The van der Waals surface area contributed by atoms with Crippen LogP contribution in [-0.2, 0) is 6.42 Å². The summed E-state index contributed by atoms with van der Waals surface area (Å²) in [5, 5.41) is 5.57. The van der Waals surface area contributed by atoms with Crippen molar-refractivity contribution >= 4 is 41.4 Å². The molecule has 0 bridgehead atoms. The normalized spacial score (nSPS) is 9.95. The van der Waals surface area contributed by atoms with Crippen molar-refractivity contribution in [3.63, 3.8) is 0 Å². The number of nitrogens with zero attached hydrogens (tertiary/aromatic N) is 1. The molecule has 0 spiro atoms. The van der Waals surface area contributed by atoms with Gasteiger partial charge in [-0.1, -0.05) is 18.2 Å². The molecular formula is C14H18ClN3OS2. The van der Waals surface area contributed by atoms with Crippen LogP contribution in [-0.4, -0.2) is 29.7 Å². The van der Waals surface area contributed by atoms with E-state index in [0.717, 1.165) is 17.2 Å². The maximum atomic E-state index is 11.9. The Hall–Kier alpha value is -1.08. The SMILES string of the molecule is Cl.NCCc1nc(C(=O)NCCSc2ccccc2)cs1. The number of benzene rings is 1. The van der Waals surface area contributed by atoms with E-state index in [1.54, 1.807) is 17.1 Å². The molecule has 0 saturated carbocycles. The zero-order chi connectivity index (χ0) is 14.2. The Bertz CT molecular complexity index is 548. The molecule has 3 N–H and O–H groups in total. The van der Waals surface area contributed by atoms with E-state index in [1.165, 1.54) is 16.2 Å². The second kappa shape index (κ2) is 9.78. The summed E-state index contributed by atoms with van der Waals surface area (Å²) in [6, 6.07) is 10.1. The second-order valence-electron chi connectivity index (χ2n) is 4.08. The van der Waals surface area contributed by atoms with Crippen LogP contribution in [0.1, 0.15) is 15.5 Å².